The molecule has 0 saturated carbocycles. The van der Waals surface area contributed by atoms with Gasteiger partial charge in [0.2, 0.25) is 17.7 Å². The van der Waals surface area contributed by atoms with Crippen LogP contribution in [0.3, 0.4) is 0 Å². The van der Waals surface area contributed by atoms with Gasteiger partial charge in [0, 0.05) is 16.8 Å². The number of amides is 1. The monoisotopic (exact) mass is 295 g/mol. The summed E-state index contributed by atoms with van der Waals surface area (Å²) in [6, 6.07) is 8.82. The zero-order chi connectivity index (χ0) is 15.9. The van der Waals surface area contributed by atoms with Gasteiger partial charge in [0.25, 0.3) is 0 Å². The van der Waals surface area contributed by atoms with Crippen LogP contribution in [0.15, 0.2) is 35.7 Å². The van der Waals surface area contributed by atoms with Gasteiger partial charge in [-0.3, -0.25) is 9.89 Å². The number of carbonyl (C=O) groups is 1. The summed E-state index contributed by atoms with van der Waals surface area (Å²) in [5.41, 5.74) is 14.1. The van der Waals surface area contributed by atoms with E-state index < -0.39 is 11.8 Å². The highest BCUT2D eigenvalue weighted by molar-refractivity contribution is 5.92. The normalized spacial score (nSPS) is 16.6. The first-order chi connectivity index (χ1) is 10.5. The Morgan fingerprint density at radius 2 is 2.09 bits per heavy atom. The Morgan fingerprint density at radius 3 is 2.68 bits per heavy atom. The number of hydrogen-bond acceptors (Lipinski definition) is 5. The lowest BCUT2D eigenvalue weighted by atomic mass is 9.84. The van der Waals surface area contributed by atoms with Crippen LogP contribution in [-0.2, 0) is 0 Å². The summed E-state index contributed by atoms with van der Waals surface area (Å²) in [7, 11) is 0. The van der Waals surface area contributed by atoms with Crippen LogP contribution in [0.4, 0.5) is 0 Å². The lowest BCUT2D eigenvalue weighted by Gasteiger charge is -2.23. The number of rotatable bonds is 2. The number of benzene rings is 1. The van der Waals surface area contributed by atoms with E-state index in [1.807, 2.05) is 6.92 Å². The highest BCUT2D eigenvalue weighted by Crippen LogP contribution is 2.42. The SMILES string of the molecule is Cc1[nH]nc2c1C(c1ccc(C(N)=O)cc1)C(C#N)=C(N)O2. The first kappa shape index (κ1) is 13.7. The molecule has 1 atom stereocenters. The topological polar surface area (TPSA) is 131 Å². The number of ether oxygens (including phenoxy) is 1. The molecule has 1 unspecified atom stereocenters. The Morgan fingerprint density at radius 1 is 1.41 bits per heavy atom. The van der Waals surface area contributed by atoms with Gasteiger partial charge in [-0.1, -0.05) is 12.1 Å². The van der Waals surface area contributed by atoms with Crippen LogP contribution >= 0.6 is 0 Å². The minimum absolute atomic E-state index is 0.0328. The number of aryl methyl sites for hydroxylation is 1. The minimum Gasteiger partial charge on any atom is -0.420 e. The number of aromatic nitrogens is 2. The van der Waals surface area contributed by atoms with Gasteiger partial charge in [0.1, 0.15) is 11.6 Å². The molecule has 110 valence electrons. The number of H-pyrrole nitrogens is 1. The quantitative estimate of drug-likeness (QED) is 0.761. The fourth-order valence-corrected chi connectivity index (χ4v) is 2.57. The highest BCUT2D eigenvalue weighted by atomic mass is 16.5. The Balaban J connectivity index is 2.16. The van der Waals surface area contributed by atoms with E-state index in [4.69, 9.17) is 16.2 Å². The number of nitrogens with two attached hydrogens (primary N) is 2. The van der Waals surface area contributed by atoms with E-state index in [0.717, 1.165) is 16.8 Å². The number of carbonyl (C=O) groups excluding carboxylic acids is 1. The average molecular weight is 295 g/mol. The summed E-state index contributed by atoms with van der Waals surface area (Å²) in [6.45, 7) is 1.84. The highest BCUT2D eigenvalue weighted by Gasteiger charge is 2.34. The molecule has 2 heterocycles. The van der Waals surface area contributed by atoms with Gasteiger partial charge >= 0.3 is 0 Å². The number of aromatic amines is 1. The number of allylic oxidation sites excluding steroid dienone is 1. The summed E-state index contributed by atoms with van der Waals surface area (Å²) in [4.78, 5) is 11.2. The van der Waals surface area contributed by atoms with Crippen molar-refractivity contribution < 1.29 is 9.53 Å². The van der Waals surface area contributed by atoms with Crippen molar-refractivity contribution in [2.24, 2.45) is 11.5 Å². The van der Waals surface area contributed by atoms with Crippen molar-refractivity contribution in [1.82, 2.24) is 10.2 Å². The maximum absolute atomic E-state index is 11.2. The third kappa shape index (κ3) is 1.98. The molecule has 0 saturated heterocycles. The first-order valence-electron chi connectivity index (χ1n) is 6.55. The molecule has 0 fully saturated rings. The largest absolute Gasteiger partial charge is 0.420 e. The minimum atomic E-state index is -0.505. The number of nitriles is 1. The summed E-state index contributed by atoms with van der Waals surface area (Å²) in [5.74, 6) is -0.507. The van der Waals surface area contributed by atoms with Crippen molar-refractivity contribution in [3.63, 3.8) is 0 Å². The van der Waals surface area contributed by atoms with Crippen molar-refractivity contribution in [3.05, 3.63) is 58.1 Å². The molecule has 2 aromatic rings. The fraction of sp³-hybridized carbons (Fsp3) is 0.133. The van der Waals surface area contributed by atoms with Crippen LogP contribution in [0.1, 0.15) is 33.1 Å². The Kier molecular flexibility index (Phi) is 3.07. The van der Waals surface area contributed by atoms with Crippen molar-refractivity contribution in [2.75, 3.05) is 0 Å². The van der Waals surface area contributed by atoms with Crippen LogP contribution < -0.4 is 16.2 Å². The maximum Gasteiger partial charge on any atom is 0.248 e. The second-order valence-corrected chi connectivity index (χ2v) is 4.98. The lowest BCUT2D eigenvalue weighted by molar-refractivity contribution is 0.100. The Bertz CT molecular complexity index is 827. The van der Waals surface area contributed by atoms with E-state index in [0.29, 0.717) is 17.0 Å². The molecular formula is C15H13N5O2. The van der Waals surface area contributed by atoms with Crippen molar-refractivity contribution in [3.8, 4) is 11.9 Å². The molecule has 1 aromatic carbocycles. The zero-order valence-electron chi connectivity index (χ0n) is 11.8. The molecule has 0 radical (unpaired) electrons. The molecule has 1 aliphatic heterocycles. The third-order valence-electron chi connectivity index (χ3n) is 3.66. The molecule has 0 spiro atoms. The van der Waals surface area contributed by atoms with E-state index in [9.17, 15) is 10.1 Å². The number of nitrogens with zero attached hydrogens (tertiary/aromatic N) is 2. The molecule has 1 aliphatic rings. The molecule has 22 heavy (non-hydrogen) atoms. The molecule has 1 aromatic heterocycles. The standard InChI is InChI=1S/C15H13N5O2/c1-7-11-12(8-2-4-9(5-3-8)13(17)21)10(6-16)14(18)22-15(11)20-19-7/h2-5,12H,18H2,1H3,(H2,17,21)(H,19,20). The average Bonchev–Trinajstić information content (AvgIpc) is 2.87. The van der Waals surface area contributed by atoms with Gasteiger partial charge in [0.15, 0.2) is 0 Å². The van der Waals surface area contributed by atoms with Gasteiger partial charge in [-0.2, -0.15) is 5.26 Å². The Labute approximate surface area is 126 Å². The van der Waals surface area contributed by atoms with Crippen LogP contribution in [0.5, 0.6) is 5.88 Å². The molecular weight excluding hydrogens is 282 g/mol. The summed E-state index contributed by atoms with van der Waals surface area (Å²) >= 11 is 0. The van der Waals surface area contributed by atoms with E-state index >= 15 is 0 Å². The lowest BCUT2D eigenvalue weighted by Crippen LogP contribution is -2.21. The van der Waals surface area contributed by atoms with E-state index in [2.05, 4.69) is 16.3 Å². The smallest absolute Gasteiger partial charge is 0.248 e. The second-order valence-electron chi connectivity index (χ2n) is 4.98. The predicted molar refractivity (Wildman–Crippen MR) is 77.6 cm³/mol. The van der Waals surface area contributed by atoms with Gasteiger partial charge in [-0.05, 0) is 24.6 Å². The van der Waals surface area contributed by atoms with Crippen LogP contribution in [0.2, 0.25) is 0 Å². The second kappa shape index (κ2) is 4.93. The molecule has 0 bridgehead atoms. The summed E-state index contributed by atoms with van der Waals surface area (Å²) in [6.07, 6.45) is 0. The van der Waals surface area contributed by atoms with E-state index in [1.54, 1.807) is 24.3 Å². The zero-order valence-corrected chi connectivity index (χ0v) is 11.8. The van der Waals surface area contributed by atoms with Gasteiger partial charge in [-0.25, -0.2) is 0 Å². The predicted octanol–water partition coefficient (Wildman–Crippen LogP) is 1.04. The van der Waals surface area contributed by atoms with Gasteiger partial charge in [-0.15, -0.1) is 5.10 Å². The maximum atomic E-state index is 11.2. The molecule has 7 nitrogen and oxygen atoms in total. The molecule has 5 N–H and O–H groups in total. The first-order valence-corrected chi connectivity index (χ1v) is 6.55. The van der Waals surface area contributed by atoms with Gasteiger partial charge < -0.3 is 16.2 Å². The third-order valence-corrected chi connectivity index (χ3v) is 3.66. The van der Waals surface area contributed by atoms with Crippen molar-refractivity contribution >= 4 is 5.91 Å². The van der Waals surface area contributed by atoms with Crippen LogP contribution in [0, 0.1) is 18.3 Å². The number of primary amides is 1. The van der Waals surface area contributed by atoms with Crippen LogP contribution in [-0.4, -0.2) is 16.1 Å². The van der Waals surface area contributed by atoms with Crippen molar-refractivity contribution in [1.29, 1.82) is 5.26 Å². The molecule has 1 amide bonds. The Hall–Kier alpha value is -3.27. The molecule has 3 rings (SSSR count). The number of nitrogens with one attached hydrogen (secondary N) is 1. The number of hydrogen-bond donors (Lipinski definition) is 3. The van der Waals surface area contributed by atoms with E-state index in [1.165, 1.54) is 0 Å². The summed E-state index contributed by atoms with van der Waals surface area (Å²) in [5, 5.41) is 16.3. The molecule has 7 heteroatoms. The van der Waals surface area contributed by atoms with Crippen molar-refractivity contribution in [2.45, 2.75) is 12.8 Å². The van der Waals surface area contributed by atoms with Crippen LogP contribution in [0.25, 0.3) is 0 Å². The summed E-state index contributed by atoms with van der Waals surface area (Å²) < 4.78 is 5.39. The molecule has 0 aliphatic carbocycles. The fourth-order valence-electron chi connectivity index (χ4n) is 2.57. The number of fused-ring (bicyclic) bond motifs is 1. The van der Waals surface area contributed by atoms with E-state index in [-0.39, 0.29) is 5.88 Å². The van der Waals surface area contributed by atoms with Gasteiger partial charge in [0.05, 0.1) is 5.92 Å².